The van der Waals surface area contributed by atoms with Crippen LogP contribution >= 0.6 is 0 Å². The molecule has 0 spiro atoms. The molecule has 4 N–H and O–H groups in total. The molecule has 0 fully saturated rings. The number of hydrogen-bond donors (Lipinski definition) is 4. The van der Waals surface area contributed by atoms with E-state index in [4.69, 9.17) is 14.5 Å². The molecule has 0 radical (unpaired) electrons. The number of carbonyl (C=O) groups is 2. The van der Waals surface area contributed by atoms with Gasteiger partial charge in [-0.2, -0.15) is 0 Å². The van der Waals surface area contributed by atoms with E-state index in [1.165, 1.54) is 0 Å². The fraction of sp³-hybridized carbons (Fsp3) is 0.593. The van der Waals surface area contributed by atoms with Gasteiger partial charge in [-0.25, -0.2) is 4.98 Å². The smallest absolute Gasteiger partial charge is 0.249 e. The highest BCUT2D eigenvalue weighted by atomic mass is 16.5. The van der Waals surface area contributed by atoms with Gasteiger partial charge in [0.05, 0.1) is 17.6 Å². The number of carbonyl (C=O) groups excluding carboxylic acids is 2. The largest absolute Gasteiger partial charge is 0.491 e. The zero-order chi connectivity index (χ0) is 28.5. The minimum absolute atomic E-state index is 0.117. The van der Waals surface area contributed by atoms with E-state index in [1.807, 2.05) is 43.4 Å². The van der Waals surface area contributed by atoms with Crippen molar-refractivity contribution in [2.24, 2.45) is 11.8 Å². The number of nitrogens with zero attached hydrogens (tertiary/aromatic N) is 4. The summed E-state index contributed by atoms with van der Waals surface area (Å²) in [6.45, 7) is 11.1. The Hall–Kier alpha value is -3.51. The van der Waals surface area contributed by atoms with Crippen LogP contribution in [0.4, 0.5) is 5.82 Å². The third-order valence-corrected chi connectivity index (χ3v) is 6.36. The van der Waals surface area contributed by atoms with Gasteiger partial charge in [-0.05, 0) is 43.7 Å². The van der Waals surface area contributed by atoms with Crippen LogP contribution in [0.5, 0.6) is 5.75 Å². The highest BCUT2D eigenvalue weighted by Crippen LogP contribution is 2.25. The number of anilines is 1. The number of unbranched alkanes of at least 4 members (excludes halogenated alkanes) is 1. The van der Waals surface area contributed by atoms with Crippen molar-refractivity contribution in [2.75, 3.05) is 38.7 Å². The Morgan fingerprint density at radius 3 is 2.46 bits per heavy atom. The molecular weight excluding hydrogens is 502 g/mol. The molecule has 0 aliphatic rings. The highest BCUT2D eigenvalue weighted by Gasteiger charge is 2.28. The fourth-order valence-electron chi connectivity index (χ4n) is 4.06. The summed E-state index contributed by atoms with van der Waals surface area (Å²) in [4.78, 5) is 29.7. The Bertz CT molecular complexity index is 1260. The number of fused-ring (bicyclic) bond motifs is 3. The zero-order valence-corrected chi connectivity index (χ0v) is 23.7. The molecule has 2 atom stereocenters. The van der Waals surface area contributed by atoms with E-state index < -0.39 is 18.1 Å². The summed E-state index contributed by atoms with van der Waals surface area (Å²) in [5, 5.41) is 27.4. The van der Waals surface area contributed by atoms with E-state index in [1.54, 1.807) is 21.0 Å². The number of benzene rings is 1. The fourth-order valence-corrected chi connectivity index (χ4v) is 4.06. The molecule has 0 saturated carbocycles. The van der Waals surface area contributed by atoms with E-state index in [0.717, 1.165) is 29.7 Å². The summed E-state index contributed by atoms with van der Waals surface area (Å²) >= 11 is 0. The molecule has 0 aliphatic carbocycles. The van der Waals surface area contributed by atoms with Gasteiger partial charge in [-0.3, -0.25) is 14.0 Å². The van der Waals surface area contributed by atoms with Crippen LogP contribution in [-0.4, -0.2) is 82.1 Å². The maximum atomic E-state index is 12.7. The number of amides is 2. The van der Waals surface area contributed by atoms with Crippen molar-refractivity contribution in [2.45, 2.75) is 59.6 Å². The normalized spacial score (nSPS) is 13.2. The predicted octanol–water partition coefficient (Wildman–Crippen LogP) is 2.08. The van der Waals surface area contributed by atoms with E-state index in [-0.39, 0.29) is 17.7 Å². The molecule has 3 aromatic rings. The first kappa shape index (κ1) is 30.0. The average Bonchev–Trinajstić information content (AvgIpc) is 3.30. The predicted molar refractivity (Wildman–Crippen MR) is 149 cm³/mol. The SMILES string of the molecule is COCCOc1ccc2c(c1)nc(NCCCCNC(=O)[C@@H](NC(=O)[C@H](O)C(C)C)C(C)C)c1nnc(C)n12. The maximum absolute atomic E-state index is 12.7. The van der Waals surface area contributed by atoms with Gasteiger partial charge in [0.2, 0.25) is 17.5 Å². The van der Waals surface area contributed by atoms with Gasteiger partial charge in [-0.15, -0.1) is 10.2 Å². The van der Waals surface area contributed by atoms with Gasteiger partial charge in [0, 0.05) is 26.3 Å². The van der Waals surface area contributed by atoms with Crippen LogP contribution in [0.3, 0.4) is 0 Å². The van der Waals surface area contributed by atoms with Crippen molar-refractivity contribution in [3.63, 3.8) is 0 Å². The number of ether oxygens (including phenoxy) is 2. The van der Waals surface area contributed by atoms with Crippen molar-refractivity contribution >= 4 is 34.3 Å². The third-order valence-electron chi connectivity index (χ3n) is 6.36. The van der Waals surface area contributed by atoms with Gasteiger partial charge < -0.3 is 30.5 Å². The minimum atomic E-state index is -1.15. The molecule has 1 aromatic carbocycles. The van der Waals surface area contributed by atoms with Crippen molar-refractivity contribution in [3.05, 3.63) is 24.0 Å². The number of aromatic nitrogens is 4. The molecule has 2 aromatic heterocycles. The Morgan fingerprint density at radius 1 is 1.03 bits per heavy atom. The lowest BCUT2D eigenvalue weighted by Crippen LogP contribution is -2.53. The van der Waals surface area contributed by atoms with Crippen LogP contribution < -0.4 is 20.7 Å². The van der Waals surface area contributed by atoms with Crippen LogP contribution in [0.15, 0.2) is 18.2 Å². The molecule has 2 amide bonds. The van der Waals surface area contributed by atoms with Gasteiger partial charge >= 0.3 is 0 Å². The molecule has 12 nitrogen and oxygen atoms in total. The van der Waals surface area contributed by atoms with Gasteiger partial charge in [0.25, 0.3) is 0 Å². The lowest BCUT2D eigenvalue weighted by atomic mass is 10.0. The summed E-state index contributed by atoms with van der Waals surface area (Å²) in [7, 11) is 1.63. The number of nitrogens with one attached hydrogen (secondary N) is 3. The van der Waals surface area contributed by atoms with E-state index in [9.17, 15) is 14.7 Å². The first-order valence-electron chi connectivity index (χ1n) is 13.4. The molecule has 214 valence electrons. The van der Waals surface area contributed by atoms with Crippen molar-refractivity contribution in [3.8, 4) is 5.75 Å². The van der Waals surface area contributed by atoms with Crippen LogP contribution in [0, 0.1) is 18.8 Å². The molecule has 0 aliphatic heterocycles. The first-order valence-corrected chi connectivity index (χ1v) is 13.4. The molecule has 3 rings (SSSR count). The Labute approximate surface area is 228 Å². The lowest BCUT2D eigenvalue weighted by Gasteiger charge is -2.24. The number of hydrogen-bond acceptors (Lipinski definition) is 9. The first-order chi connectivity index (χ1) is 18.6. The quantitative estimate of drug-likeness (QED) is 0.211. The molecule has 0 saturated heterocycles. The average molecular weight is 544 g/mol. The number of aryl methyl sites for hydroxylation is 1. The molecule has 12 heteroatoms. The molecule has 39 heavy (non-hydrogen) atoms. The number of rotatable bonds is 15. The van der Waals surface area contributed by atoms with Crippen molar-refractivity contribution in [1.82, 2.24) is 30.2 Å². The number of methoxy groups -OCH3 is 1. The Balaban J connectivity index is 1.56. The van der Waals surface area contributed by atoms with Gasteiger partial charge in [-0.1, -0.05) is 27.7 Å². The molecular formula is C27H41N7O5. The Kier molecular flexibility index (Phi) is 10.8. The molecule has 2 heterocycles. The lowest BCUT2D eigenvalue weighted by molar-refractivity contribution is -0.136. The van der Waals surface area contributed by atoms with Gasteiger partial charge in [0.15, 0.2) is 5.82 Å². The summed E-state index contributed by atoms with van der Waals surface area (Å²) in [6, 6.07) is 5.01. The third kappa shape index (κ3) is 7.76. The van der Waals surface area contributed by atoms with Crippen LogP contribution in [0.25, 0.3) is 16.7 Å². The summed E-state index contributed by atoms with van der Waals surface area (Å²) < 4.78 is 12.8. The summed E-state index contributed by atoms with van der Waals surface area (Å²) in [5.74, 6) is 0.931. The molecule has 0 bridgehead atoms. The zero-order valence-electron chi connectivity index (χ0n) is 23.7. The second-order valence-corrected chi connectivity index (χ2v) is 10.2. The monoisotopic (exact) mass is 543 g/mol. The van der Waals surface area contributed by atoms with Crippen LogP contribution in [-0.2, 0) is 14.3 Å². The van der Waals surface area contributed by atoms with Gasteiger partial charge in [0.1, 0.15) is 30.3 Å². The number of aliphatic hydroxyl groups is 1. The second kappa shape index (κ2) is 14.0. The standard InChI is InChI=1S/C27H41N7O5/c1-16(2)22(31-27(37)23(35)17(3)4)26(36)29-12-8-7-11-28-24-25-33-32-18(5)34(25)21-10-9-19(15-20(21)30-24)39-14-13-38-6/h9-10,15-17,22-23,35H,7-8,11-14H2,1-6H3,(H,28,30)(H,29,36)(H,31,37)/t22-,23+/m0/s1. The summed E-state index contributed by atoms with van der Waals surface area (Å²) in [6.07, 6.45) is 0.341. The van der Waals surface area contributed by atoms with Crippen molar-refractivity contribution in [1.29, 1.82) is 0 Å². The van der Waals surface area contributed by atoms with E-state index in [0.29, 0.717) is 43.5 Å². The maximum Gasteiger partial charge on any atom is 0.249 e. The van der Waals surface area contributed by atoms with Crippen molar-refractivity contribution < 1.29 is 24.2 Å². The van der Waals surface area contributed by atoms with E-state index in [2.05, 4.69) is 26.1 Å². The topological polar surface area (TPSA) is 152 Å². The van der Waals surface area contributed by atoms with Crippen LogP contribution in [0.2, 0.25) is 0 Å². The molecule has 0 unspecified atom stereocenters. The number of aliphatic hydroxyl groups excluding tert-OH is 1. The summed E-state index contributed by atoms with van der Waals surface area (Å²) in [5.41, 5.74) is 2.27. The second-order valence-electron chi connectivity index (χ2n) is 10.2. The Morgan fingerprint density at radius 2 is 1.77 bits per heavy atom. The van der Waals surface area contributed by atoms with Crippen LogP contribution in [0.1, 0.15) is 46.4 Å². The highest BCUT2D eigenvalue weighted by molar-refractivity contribution is 5.89. The van der Waals surface area contributed by atoms with E-state index >= 15 is 0 Å². The minimum Gasteiger partial charge on any atom is -0.491 e.